The molecule has 0 unspecified atom stereocenters. The van der Waals surface area contributed by atoms with Crippen LogP contribution in [0.1, 0.15) is 0 Å². The first-order valence-electron chi connectivity index (χ1n) is 7.32. The number of thiol groups is 1. The van der Waals surface area contributed by atoms with Crippen LogP contribution in [0.3, 0.4) is 0 Å². The molecule has 4 nitrogen and oxygen atoms in total. The molecule has 3 rings (SSSR count). The van der Waals surface area contributed by atoms with Crippen LogP contribution in [0.25, 0.3) is 11.1 Å². The lowest BCUT2D eigenvalue weighted by molar-refractivity contribution is 0.415. The highest BCUT2D eigenvalue weighted by Gasteiger charge is 2.02. The fourth-order valence-corrected chi connectivity index (χ4v) is 2.66. The first kappa shape index (κ1) is 16.1. The number of rotatable bonds is 5. The fraction of sp³-hybridized carbons (Fsp3) is 0.0526. The third kappa shape index (κ3) is 3.75. The molecule has 0 atom stereocenters. The monoisotopic (exact) mass is 340 g/mol. The van der Waals surface area contributed by atoms with E-state index in [-0.39, 0.29) is 4.90 Å². The van der Waals surface area contributed by atoms with Crippen molar-refractivity contribution in [1.82, 2.24) is 0 Å². The molecular weight excluding hydrogens is 324 g/mol. The highest BCUT2D eigenvalue weighted by atomic mass is 32.2. The summed E-state index contributed by atoms with van der Waals surface area (Å²) < 4.78 is 32.6. The predicted molar refractivity (Wildman–Crippen MR) is 93.5 cm³/mol. The van der Waals surface area contributed by atoms with Crippen LogP contribution in [0, 0.1) is 0 Å². The molecule has 3 aromatic carbocycles. The van der Waals surface area contributed by atoms with Gasteiger partial charge in [-0.15, -0.1) is 0 Å². The highest BCUT2D eigenvalue weighted by Crippen LogP contribution is 2.27. The molecule has 0 amide bonds. The van der Waals surface area contributed by atoms with Gasteiger partial charge in [0, 0.05) is 0 Å². The molecule has 0 spiro atoms. The molecule has 3 aromatic rings. The summed E-state index contributed by atoms with van der Waals surface area (Å²) in [5.41, 5.74) is 2.16. The van der Waals surface area contributed by atoms with Gasteiger partial charge in [0.1, 0.15) is 17.2 Å². The Morgan fingerprint density at radius 1 is 0.625 bits per heavy atom. The van der Waals surface area contributed by atoms with Crippen LogP contribution in [0.4, 0.5) is 0 Å². The van der Waals surface area contributed by atoms with Crippen molar-refractivity contribution < 1.29 is 17.9 Å². The second kappa shape index (κ2) is 7.19. The first-order chi connectivity index (χ1) is 11.7. The smallest absolute Gasteiger partial charge is 0.168 e. The van der Waals surface area contributed by atoms with Gasteiger partial charge in [0.2, 0.25) is 0 Å². The summed E-state index contributed by atoms with van der Waals surface area (Å²) in [6.45, 7) is 0. The Morgan fingerprint density at radius 2 is 1.04 bits per heavy atom. The first-order valence-corrected chi connectivity index (χ1v) is 8.50. The van der Waals surface area contributed by atoms with Crippen molar-refractivity contribution in [3.05, 3.63) is 72.8 Å². The Kier molecular flexibility index (Phi) is 4.82. The average molecular weight is 340 g/mol. The van der Waals surface area contributed by atoms with Gasteiger partial charge in [-0.25, -0.2) is 8.42 Å². The summed E-state index contributed by atoms with van der Waals surface area (Å²) in [5, 5.41) is 0. The van der Waals surface area contributed by atoms with Crippen molar-refractivity contribution in [2.75, 3.05) is 7.11 Å². The molecule has 0 aromatic heterocycles. The lowest BCUT2D eigenvalue weighted by Gasteiger charge is -2.08. The third-order valence-corrected chi connectivity index (χ3v) is 4.28. The summed E-state index contributed by atoms with van der Waals surface area (Å²) in [7, 11) is -0.924. The van der Waals surface area contributed by atoms with E-state index < -0.39 is 10.7 Å². The molecule has 5 heteroatoms. The summed E-state index contributed by atoms with van der Waals surface area (Å²) >= 11 is 0. The number of hydrogen-bond donors (Lipinski definition) is 1. The maximum atomic E-state index is 10.9. The molecule has 0 N–H and O–H groups in total. The lowest BCUT2D eigenvalue weighted by atomic mass is 10.1. The Balaban J connectivity index is 1.74. The molecule has 0 saturated heterocycles. The zero-order valence-corrected chi connectivity index (χ0v) is 13.9. The molecule has 0 aliphatic rings. The Morgan fingerprint density at radius 3 is 1.46 bits per heavy atom. The summed E-state index contributed by atoms with van der Waals surface area (Å²) in [6.07, 6.45) is 0. The van der Waals surface area contributed by atoms with Crippen molar-refractivity contribution in [1.29, 1.82) is 0 Å². The van der Waals surface area contributed by atoms with Crippen LogP contribution in [0.15, 0.2) is 77.7 Å². The predicted octanol–water partition coefficient (Wildman–Crippen LogP) is 4.12. The molecule has 0 bridgehead atoms. The van der Waals surface area contributed by atoms with E-state index in [1.54, 1.807) is 19.2 Å². The molecule has 122 valence electrons. The van der Waals surface area contributed by atoms with E-state index in [1.165, 1.54) is 12.1 Å². The average Bonchev–Trinajstić information content (AvgIpc) is 2.63. The van der Waals surface area contributed by atoms with Gasteiger partial charge >= 0.3 is 0 Å². The van der Waals surface area contributed by atoms with E-state index in [1.807, 2.05) is 48.5 Å². The van der Waals surface area contributed by atoms with Crippen molar-refractivity contribution in [2.45, 2.75) is 4.90 Å². The fourth-order valence-electron chi connectivity index (χ4n) is 2.27. The zero-order valence-electron chi connectivity index (χ0n) is 13.0. The van der Waals surface area contributed by atoms with Crippen LogP contribution >= 0.6 is 0 Å². The maximum absolute atomic E-state index is 10.9. The minimum Gasteiger partial charge on any atom is -0.497 e. The number of ether oxygens (including phenoxy) is 2. The molecule has 0 fully saturated rings. The maximum Gasteiger partial charge on any atom is 0.168 e. The molecule has 0 saturated carbocycles. The number of methoxy groups -OCH3 is 1. The van der Waals surface area contributed by atoms with Gasteiger partial charge < -0.3 is 9.47 Å². The van der Waals surface area contributed by atoms with E-state index in [9.17, 15) is 8.42 Å². The lowest BCUT2D eigenvalue weighted by Crippen LogP contribution is -1.86. The Hall–Kier alpha value is -2.79. The van der Waals surface area contributed by atoms with Gasteiger partial charge in [0.05, 0.1) is 12.0 Å². The molecule has 0 aliphatic carbocycles. The van der Waals surface area contributed by atoms with Crippen molar-refractivity contribution in [3.63, 3.8) is 0 Å². The second-order valence-corrected chi connectivity index (χ2v) is 6.14. The normalized spacial score (nSPS) is 10.6. The standard InChI is InChI=1S/C19H16O4S/c1-22-16-6-2-14(3-7-16)15-4-8-17(9-5-15)23-18-10-12-19(13-11-18)24(20)21/h2-13,24H,1H3. The van der Waals surface area contributed by atoms with E-state index in [0.717, 1.165) is 16.9 Å². The van der Waals surface area contributed by atoms with Crippen LogP contribution in [0.2, 0.25) is 0 Å². The van der Waals surface area contributed by atoms with Gasteiger partial charge in [-0.3, -0.25) is 0 Å². The van der Waals surface area contributed by atoms with Gasteiger partial charge in [-0.1, -0.05) is 24.3 Å². The SMILES string of the molecule is COc1ccc(-c2ccc(Oc3ccc([SH](=O)=O)cc3)cc2)cc1. The largest absolute Gasteiger partial charge is 0.497 e. The Labute approximate surface area is 142 Å². The summed E-state index contributed by atoms with van der Waals surface area (Å²) in [5.74, 6) is 2.10. The van der Waals surface area contributed by atoms with Gasteiger partial charge in [0.25, 0.3) is 0 Å². The van der Waals surface area contributed by atoms with Gasteiger partial charge in [0.15, 0.2) is 10.7 Å². The quantitative estimate of drug-likeness (QED) is 0.710. The minimum atomic E-state index is -2.57. The van der Waals surface area contributed by atoms with Crippen LogP contribution in [-0.2, 0) is 10.7 Å². The summed E-state index contributed by atoms with van der Waals surface area (Å²) in [6, 6.07) is 21.8. The third-order valence-electron chi connectivity index (χ3n) is 3.56. The van der Waals surface area contributed by atoms with Gasteiger partial charge in [-0.05, 0) is 59.7 Å². The molecule has 24 heavy (non-hydrogen) atoms. The second-order valence-electron chi connectivity index (χ2n) is 5.11. The molecule has 0 radical (unpaired) electrons. The van der Waals surface area contributed by atoms with E-state index >= 15 is 0 Å². The topological polar surface area (TPSA) is 52.6 Å². The van der Waals surface area contributed by atoms with Crippen LogP contribution in [0.5, 0.6) is 17.2 Å². The number of hydrogen-bond acceptors (Lipinski definition) is 4. The van der Waals surface area contributed by atoms with Crippen molar-refractivity contribution >= 4 is 10.7 Å². The number of benzene rings is 3. The van der Waals surface area contributed by atoms with Crippen molar-refractivity contribution in [2.24, 2.45) is 0 Å². The summed E-state index contributed by atoms with van der Waals surface area (Å²) in [4.78, 5) is 0.271. The van der Waals surface area contributed by atoms with Crippen molar-refractivity contribution in [3.8, 4) is 28.4 Å². The molecule has 0 aliphatic heterocycles. The molecule has 0 heterocycles. The highest BCUT2D eigenvalue weighted by molar-refractivity contribution is 7.72. The molecular formula is C19H16O4S. The van der Waals surface area contributed by atoms with Crippen LogP contribution in [-0.4, -0.2) is 15.5 Å². The Bertz CT molecular complexity index is 872. The van der Waals surface area contributed by atoms with Crippen LogP contribution < -0.4 is 9.47 Å². The minimum absolute atomic E-state index is 0.271. The van der Waals surface area contributed by atoms with E-state index in [4.69, 9.17) is 9.47 Å². The zero-order chi connectivity index (χ0) is 16.9. The van der Waals surface area contributed by atoms with E-state index in [2.05, 4.69) is 0 Å². The van der Waals surface area contributed by atoms with E-state index in [0.29, 0.717) is 11.5 Å². The van der Waals surface area contributed by atoms with Gasteiger partial charge in [-0.2, -0.15) is 0 Å².